The lowest BCUT2D eigenvalue weighted by molar-refractivity contribution is -0.121. The van der Waals surface area contributed by atoms with Crippen LogP contribution in [0.3, 0.4) is 0 Å². The molecule has 1 aliphatic heterocycles. The van der Waals surface area contributed by atoms with Gasteiger partial charge < -0.3 is 10.1 Å². The third kappa shape index (κ3) is 4.98. The van der Waals surface area contributed by atoms with Gasteiger partial charge in [-0.15, -0.1) is 0 Å². The van der Waals surface area contributed by atoms with Crippen molar-refractivity contribution in [2.45, 2.75) is 44.8 Å². The number of rotatable bonds is 7. The minimum Gasteiger partial charge on any atom is -0.487 e. The Labute approximate surface area is 181 Å². The van der Waals surface area contributed by atoms with Gasteiger partial charge in [-0.1, -0.05) is 32.0 Å². The molecule has 1 N–H and O–H groups in total. The smallest absolute Gasteiger partial charge is 0.241 e. The van der Waals surface area contributed by atoms with Crippen LogP contribution in [0.15, 0.2) is 42.5 Å². The van der Waals surface area contributed by atoms with Crippen molar-refractivity contribution in [1.82, 2.24) is 5.32 Å². The van der Waals surface area contributed by atoms with E-state index in [4.69, 9.17) is 4.74 Å². The summed E-state index contributed by atoms with van der Waals surface area (Å²) in [6, 6.07) is 9.51. The number of carbonyl (C=O) groups is 1. The maximum Gasteiger partial charge on any atom is 0.241 e. The van der Waals surface area contributed by atoms with Gasteiger partial charge in [0.25, 0.3) is 0 Å². The second-order valence-electron chi connectivity index (χ2n) is 7.72. The van der Waals surface area contributed by atoms with Crippen LogP contribution in [-0.2, 0) is 14.8 Å². The summed E-state index contributed by atoms with van der Waals surface area (Å²) in [5.74, 6) is -1.83. The minimum atomic E-state index is -4.00. The molecule has 1 heterocycles. The van der Waals surface area contributed by atoms with E-state index >= 15 is 0 Å². The van der Waals surface area contributed by atoms with Crippen LogP contribution < -0.4 is 14.4 Å². The number of hydrogen-bond donors (Lipinski definition) is 1. The number of ether oxygens (including phenoxy) is 1. The average molecular weight is 453 g/mol. The second-order valence-corrected chi connectivity index (χ2v) is 9.63. The van der Waals surface area contributed by atoms with Gasteiger partial charge in [-0.05, 0) is 31.0 Å². The lowest BCUT2D eigenvalue weighted by Gasteiger charge is -2.41. The zero-order valence-electron chi connectivity index (χ0n) is 17.7. The number of hydrogen-bond acceptors (Lipinski definition) is 4. The number of sulfonamides is 1. The van der Waals surface area contributed by atoms with Crippen LogP contribution in [0, 0.1) is 11.6 Å². The lowest BCUT2D eigenvalue weighted by atomic mass is 9.83. The first-order valence-electron chi connectivity index (χ1n) is 10.1. The average Bonchev–Trinajstić information content (AvgIpc) is 2.71. The van der Waals surface area contributed by atoms with Gasteiger partial charge in [0, 0.05) is 18.1 Å². The maximum atomic E-state index is 14.2. The molecule has 3 rings (SSSR count). The largest absolute Gasteiger partial charge is 0.487 e. The Kier molecular flexibility index (Phi) is 6.54. The van der Waals surface area contributed by atoms with Crippen LogP contribution in [0.5, 0.6) is 5.75 Å². The van der Waals surface area contributed by atoms with E-state index in [1.54, 1.807) is 0 Å². The van der Waals surface area contributed by atoms with E-state index in [0.717, 1.165) is 36.8 Å². The van der Waals surface area contributed by atoms with Gasteiger partial charge in [0.05, 0.1) is 18.0 Å². The Bertz CT molecular complexity index is 1070. The number of amides is 1. The summed E-state index contributed by atoms with van der Waals surface area (Å²) in [4.78, 5) is 12.9. The van der Waals surface area contributed by atoms with E-state index < -0.39 is 45.8 Å². The summed E-state index contributed by atoms with van der Waals surface area (Å²) in [5, 5.41) is 2.88. The van der Waals surface area contributed by atoms with Gasteiger partial charge in [0.2, 0.25) is 15.9 Å². The van der Waals surface area contributed by atoms with Crippen molar-refractivity contribution >= 4 is 21.6 Å². The highest BCUT2D eigenvalue weighted by Gasteiger charge is 2.39. The van der Waals surface area contributed by atoms with E-state index in [0.29, 0.717) is 22.5 Å². The molecule has 0 fully saturated rings. The fourth-order valence-electron chi connectivity index (χ4n) is 3.87. The Morgan fingerprint density at radius 3 is 2.48 bits per heavy atom. The first-order valence-corrected chi connectivity index (χ1v) is 11.9. The van der Waals surface area contributed by atoms with Gasteiger partial charge in [0.1, 0.15) is 29.5 Å². The summed E-state index contributed by atoms with van der Waals surface area (Å²) in [5.41, 5.74) is -0.0403. The predicted molar refractivity (Wildman–Crippen MR) is 114 cm³/mol. The monoisotopic (exact) mass is 452 g/mol. The highest BCUT2D eigenvalue weighted by atomic mass is 32.2. The molecule has 9 heteroatoms. The van der Waals surface area contributed by atoms with E-state index in [-0.39, 0.29) is 5.69 Å². The molecule has 2 aromatic carbocycles. The molecular weight excluding hydrogens is 426 g/mol. The quantitative estimate of drug-likeness (QED) is 0.691. The first kappa shape index (κ1) is 23.0. The van der Waals surface area contributed by atoms with Crippen molar-refractivity contribution < 1.29 is 26.7 Å². The molecule has 1 atom stereocenters. The standard InChI is InChI=1S/C22H26F2N2O4S/c1-4-22(5-2)13-18(16-8-6-7-9-20(16)30-22)25-21(27)14-26(31(3,28)29)19-11-10-15(23)12-17(19)24/h6-12,18H,4-5,13-14H2,1-3H3,(H,25,27)/t18-/m0/s1. The molecule has 0 radical (unpaired) electrons. The van der Waals surface area contributed by atoms with Gasteiger partial charge in [-0.25, -0.2) is 17.2 Å². The van der Waals surface area contributed by atoms with Crippen molar-refractivity contribution in [3.63, 3.8) is 0 Å². The number of halogens is 2. The molecule has 6 nitrogen and oxygen atoms in total. The Morgan fingerprint density at radius 2 is 1.87 bits per heavy atom. The van der Waals surface area contributed by atoms with Gasteiger partial charge in [-0.2, -0.15) is 0 Å². The second kappa shape index (κ2) is 8.82. The molecule has 31 heavy (non-hydrogen) atoms. The zero-order chi connectivity index (χ0) is 22.8. The fourth-order valence-corrected chi connectivity index (χ4v) is 4.72. The zero-order valence-corrected chi connectivity index (χ0v) is 18.5. The van der Waals surface area contributed by atoms with E-state index in [1.807, 2.05) is 38.1 Å². The summed E-state index contributed by atoms with van der Waals surface area (Å²) in [6.45, 7) is 3.39. The Morgan fingerprint density at radius 1 is 1.19 bits per heavy atom. The van der Waals surface area contributed by atoms with Crippen molar-refractivity contribution in [1.29, 1.82) is 0 Å². The fraction of sp³-hybridized carbons (Fsp3) is 0.409. The van der Waals surface area contributed by atoms with Crippen LogP contribution in [0.4, 0.5) is 14.5 Å². The molecule has 168 valence electrons. The number of anilines is 1. The summed E-state index contributed by atoms with van der Waals surface area (Å²) >= 11 is 0. The van der Waals surface area contributed by atoms with Crippen LogP contribution in [0.25, 0.3) is 0 Å². The van der Waals surface area contributed by atoms with Crippen LogP contribution in [0.1, 0.15) is 44.7 Å². The molecule has 0 saturated carbocycles. The Hall–Kier alpha value is -2.68. The van der Waals surface area contributed by atoms with Gasteiger partial charge in [-0.3, -0.25) is 9.10 Å². The number of benzene rings is 2. The van der Waals surface area contributed by atoms with Crippen molar-refractivity contribution in [2.24, 2.45) is 0 Å². The third-order valence-corrected chi connectivity index (χ3v) is 6.81. The van der Waals surface area contributed by atoms with E-state index in [9.17, 15) is 22.0 Å². The first-order chi connectivity index (χ1) is 14.6. The number of carbonyl (C=O) groups excluding carboxylic acids is 1. The van der Waals surface area contributed by atoms with Crippen LogP contribution in [0.2, 0.25) is 0 Å². The highest BCUT2D eigenvalue weighted by Crippen LogP contribution is 2.42. The normalized spacial score (nSPS) is 17.4. The van der Waals surface area contributed by atoms with Crippen molar-refractivity contribution in [3.8, 4) is 5.75 Å². The summed E-state index contributed by atoms with van der Waals surface area (Å²) < 4.78 is 58.9. The topological polar surface area (TPSA) is 75.7 Å². The van der Waals surface area contributed by atoms with E-state index in [2.05, 4.69) is 5.32 Å². The van der Waals surface area contributed by atoms with Crippen molar-refractivity contribution in [2.75, 3.05) is 17.1 Å². The Balaban J connectivity index is 1.87. The van der Waals surface area contributed by atoms with Gasteiger partial charge in [0.15, 0.2) is 0 Å². The SMILES string of the molecule is CCC1(CC)C[C@H](NC(=O)CN(c2ccc(F)cc2F)S(C)(=O)=O)c2ccccc2O1. The number of fused-ring (bicyclic) bond motifs is 1. The molecule has 2 aromatic rings. The number of nitrogens with one attached hydrogen (secondary N) is 1. The van der Waals surface area contributed by atoms with Crippen LogP contribution >= 0.6 is 0 Å². The van der Waals surface area contributed by atoms with E-state index in [1.165, 1.54) is 0 Å². The number of para-hydroxylation sites is 1. The van der Waals surface area contributed by atoms with Gasteiger partial charge >= 0.3 is 0 Å². The van der Waals surface area contributed by atoms with Crippen LogP contribution in [-0.4, -0.2) is 32.7 Å². The molecule has 0 saturated heterocycles. The highest BCUT2D eigenvalue weighted by molar-refractivity contribution is 7.92. The molecular formula is C22H26F2N2O4S. The molecule has 0 aromatic heterocycles. The molecule has 0 spiro atoms. The van der Waals surface area contributed by atoms with Crippen molar-refractivity contribution in [3.05, 3.63) is 59.7 Å². The number of nitrogens with zero attached hydrogens (tertiary/aromatic N) is 1. The predicted octanol–water partition coefficient (Wildman–Crippen LogP) is 3.93. The lowest BCUT2D eigenvalue weighted by Crippen LogP contribution is -2.47. The molecule has 1 aliphatic rings. The molecule has 0 unspecified atom stereocenters. The molecule has 0 bridgehead atoms. The third-order valence-electron chi connectivity index (χ3n) is 5.69. The minimum absolute atomic E-state index is 0.386. The molecule has 1 amide bonds. The maximum absolute atomic E-state index is 14.2. The summed E-state index contributed by atoms with van der Waals surface area (Å²) in [6.07, 6.45) is 2.86. The summed E-state index contributed by atoms with van der Waals surface area (Å²) in [7, 11) is -4.00. The molecule has 0 aliphatic carbocycles.